The molecule has 5 aliphatic carbocycles. The van der Waals surface area contributed by atoms with Gasteiger partial charge in [-0.25, -0.2) is 4.79 Å². The Kier molecular flexibility index (Phi) is 11.2. The first kappa shape index (κ1) is 43.3. The standard InChI is InChI=1S/C42H66O15/c1-37-13-14-38(2,36(52)53)17-21(37)20-7-8-24-39(3)11-10-25(40(4,19-44)23(39)9-12-42(24,6)41(20,5)16-15-37)55-35-32(29(48)28(47)31(56-35)33(50)51)57-34-30(49)27(46)26(45)22(18-43)54-34/h7,21-32,34-35,43-49H,8-19H2,1-6H3,(H,50,51)(H,52,53)/t21?,22-,23-,24-,25+,26-,27+,28+,29+,30-,31+,32-,34+,35-,37-,38-,39+,40-,41-,42-/m1/s1. The molecule has 15 nitrogen and oxygen atoms in total. The summed E-state index contributed by atoms with van der Waals surface area (Å²) in [7, 11) is 0. The molecule has 0 radical (unpaired) electrons. The van der Waals surface area contributed by atoms with Crippen molar-refractivity contribution in [3.63, 3.8) is 0 Å². The maximum Gasteiger partial charge on any atom is 0.335 e. The minimum absolute atomic E-state index is 0.0524. The average Bonchev–Trinajstić information content (AvgIpc) is 3.16. The summed E-state index contributed by atoms with van der Waals surface area (Å²) in [4.78, 5) is 24.7. The maximum absolute atomic E-state index is 12.5. The first-order valence-corrected chi connectivity index (χ1v) is 21.0. The first-order chi connectivity index (χ1) is 26.5. The van der Waals surface area contributed by atoms with E-state index < -0.39 is 96.9 Å². The summed E-state index contributed by atoms with van der Waals surface area (Å²) in [6.07, 6.45) is -7.93. The third kappa shape index (κ3) is 6.39. The number of aliphatic hydroxyl groups excluding tert-OH is 7. The van der Waals surface area contributed by atoms with E-state index in [1.54, 1.807) is 0 Å². The van der Waals surface area contributed by atoms with Crippen LogP contribution in [0.2, 0.25) is 0 Å². The molecule has 7 aliphatic rings. The third-order valence-corrected chi connectivity index (χ3v) is 17.7. The van der Waals surface area contributed by atoms with E-state index in [2.05, 4.69) is 33.8 Å². The number of hydrogen-bond donors (Lipinski definition) is 9. The zero-order valence-electron chi connectivity index (χ0n) is 34.1. The Morgan fingerprint density at radius 3 is 2.07 bits per heavy atom. The van der Waals surface area contributed by atoms with Gasteiger partial charge >= 0.3 is 11.9 Å². The largest absolute Gasteiger partial charge is 0.481 e. The van der Waals surface area contributed by atoms with Crippen LogP contribution in [0.3, 0.4) is 0 Å². The number of carbonyl (C=O) groups is 2. The first-order valence-electron chi connectivity index (χ1n) is 21.0. The predicted molar refractivity (Wildman–Crippen MR) is 200 cm³/mol. The molecule has 2 heterocycles. The van der Waals surface area contributed by atoms with E-state index in [1.807, 2.05) is 13.8 Å². The fourth-order valence-electron chi connectivity index (χ4n) is 13.6. The lowest BCUT2D eigenvalue weighted by molar-refractivity contribution is -0.375. The molecule has 0 spiro atoms. The Balaban J connectivity index is 1.17. The van der Waals surface area contributed by atoms with E-state index in [1.165, 1.54) is 5.57 Å². The van der Waals surface area contributed by atoms with Gasteiger partial charge in [0.15, 0.2) is 18.7 Å². The van der Waals surface area contributed by atoms with Crippen molar-refractivity contribution in [3.05, 3.63) is 11.6 Å². The summed E-state index contributed by atoms with van der Waals surface area (Å²) in [5.74, 6) is -1.90. The number of carboxylic acid groups (broad SMARTS) is 2. The fraction of sp³-hybridized carbons (Fsp3) is 0.905. The van der Waals surface area contributed by atoms with E-state index in [0.717, 1.165) is 38.5 Å². The Morgan fingerprint density at radius 1 is 0.754 bits per heavy atom. The van der Waals surface area contributed by atoms with Gasteiger partial charge in [0.05, 0.1) is 24.7 Å². The molecule has 7 rings (SSSR count). The molecule has 2 saturated heterocycles. The van der Waals surface area contributed by atoms with E-state index in [-0.39, 0.29) is 46.0 Å². The summed E-state index contributed by atoms with van der Waals surface area (Å²) in [5.41, 5.74) is -0.640. The molecule has 2 aliphatic heterocycles. The average molecular weight is 811 g/mol. The van der Waals surface area contributed by atoms with E-state index in [0.29, 0.717) is 25.7 Å². The normalized spacial score (nSPS) is 55.0. The Bertz CT molecular complexity index is 1590. The van der Waals surface area contributed by atoms with Gasteiger partial charge in [0.1, 0.15) is 42.7 Å². The molecule has 0 aromatic rings. The monoisotopic (exact) mass is 810 g/mol. The molecule has 4 saturated carbocycles. The smallest absolute Gasteiger partial charge is 0.335 e. The van der Waals surface area contributed by atoms with Crippen LogP contribution in [0, 0.1) is 50.2 Å². The second-order valence-electron chi connectivity index (χ2n) is 20.4. The lowest BCUT2D eigenvalue weighted by Crippen LogP contribution is -2.67. The van der Waals surface area contributed by atoms with Crippen molar-refractivity contribution in [2.75, 3.05) is 13.2 Å². The Morgan fingerprint density at radius 2 is 1.44 bits per heavy atom. The van der Waals surface area contributed by atoms with Crippen LogP contribution in [0.1, 0.15) is 106 Å². The van der Waals surface area contributed by atoms with Gasteiger partial charge in [0.2, 0.25) is 0 Å². The van der Waals surface area contributed by atoms with Gasteiger partial charge in [-0.15, -0.1) is 0 Å². The fourth-order valence-corrected chi connectivity index (χ4v) is 13.6. The summed E-state index contributed by atoms with van der Waals surface area (Å²) >= 11 is 0. The molecular weight excluding hydrogens is 744 g/mol. The van der Waals surface area contributed by atoms with Crippen LogP contribution in [-0.2, 0) is 28.5 Å². The summed E-state index contributed by atoms with van der Waals surface area (Å²) < 4.78 is 23.8. The zero-order valence-corrected chi connectivity index (χ0v) is 34.1. The van der Waals surface area contributed by atoms with Crippen molar-refractivity contribution < 1.29 is 74.5 Å². The van der Waals surface area contributed by atoms with Crippen molar-refractivity contribution in [2.45, 2.75) is 173 Å². The van der Waals surface area contributed by atoms with Gasteiger partial charge in [0, 0.05) is 5.41 Å². The van der Waals surface area contributed by atoms with Crippen LogP contribution in [0.5, 0.6) is 0 Å². The molecule has 9 N–H and O–H groups in total. The summed E-state index contributed by atoms with van der Waals surface area (Å²) in [6.45, 7) is 12.4. The van der Waals surface area contributed by atoms with Crippen LogP contribution in [0.25, 0.3) is 0 Å². The van der Waals surface area contributed by atoms with E-state index in [9.17, 15) is 55.5 Å². The molecule has 1 unspecified atom stereocenters. The van der Waals surface area contributed by atoms with Crippen molar-refractivity contribution in [3.8, 4) is 0 Å². The number of allylic oxidation sites excluding steroid dienone is 2. The molecule has 6 fully saturated rings. The zero-order chi connectivity index (χ0) is 41.8. The number of rotatable bonds is 8. The second kappa shape index (κ2) is 14.7. The van der Waals surface area contributed by atoms with Gasteiger partial charge in [-0.05, 0) is 111 Å². The van der Waals surface area contributed by atoms with Gasteiger partial charge in [-0.2, -0.15) is 0 Å². The van der Waals surface area contributed by atoms with Crippen LogP contribution in [0.4, 0.5) is 0 Å². The minimum atomic E-state index is -1.98. The number of aliphatic carboxylic acids is 2. The highest BCUT2D eigenvalue weighted by atomic mass is 16.8. The van der Waals surface area contributed by atoms with Crippen LogP contribution >= 0.6 is 0 Å². The van der Waals surface area contributed by atoms with E-state index >= 15 is 0 Å². The third-order valence-electron chi connectivity index (χ3n) is 17.7. The Hall–Kier alpha value is -1.76. The molecule has 0 aromatic carbocycles. The number of ether oxygens (including phenoxy) is 4. The minimum Gasteiger partial charge on any atom is -0.481 e. The van der Waals surface area contributed by atoms with Crippen molar-refractivity contribution in [1.29, 1.82) is 0 Å². The van der Waals surface area contributed by atoms with Crippen molar-refractivity contribution >= 4 is 11.9 Å². The molecule has 15 heteroatoms. The highest BCUT2D eigenvalue weighted by molar-refractivity contribution is 5.74. The van der Waals surface area contributed by atoms with Crippen LogP contribution < -0.4 is 0 Å². The molecule has 57 heavy (non-hydrogen) atoms. The SMILES string of the molecule is C[C@@]1(C(=O)O)CC[C@]2(C)CC[C@]3(C)C(=CC[C@@H]4[C@@]5(C)CC[C@H](O[C@@H]6O[C@H](C(=O)O)[C@@H](O)[C@H](O)[C@H]6O[C@@H]6O[C@H](CO)[C@@H](O)[C@H](O)[C@H]6O)[C@](C)(CO)[C@@H]5CC[C@]43C)C2C1. The van der Waals surface area contributed by atoms with Gasteiger partial charge in [0.25, 0.3) is 0 Å². The van der Waals surface area contributed by atoms with Gasteiger partial charge < -0.3 is 64.9 Å². The number of carboxylic acids is 2. The van der Waals surface area contributed by atoms with Crippen LogP contribution in [-0.4, -0.2) is 139 Å². The topological polar surface area (TPSA) is 253 Å². The highest BCUT2D eigenvalue weighted by Crippen LogP contribution is 2.76. The van der Waals surface area contributed by atoms with Crippen molar-refractivity contribution in [1.82, 2.24) is 0 Å². The number of hydrogen-bond acceptors (Lipinski definition) is 13. The Labute approximate surface area is 334 Å². The second-order valence-corrected chi connectivity index (χ2v) is 20.4. The molecule has 0 amide bonds. The molecular formula is C42H66O15. The highest BCUT2D eigenvalue weighted by Gasteiger charge is 2.69. The summed E-state index contributed by atoms with van der Waals surface area (Å²) in [5, 5.41) is 94.7. The molecule has 324 valence electrons. The maximum atomic E-state index is 12.5. The lowest BCUT2D eigenvalue weighted by atomic mass is 9.33. The van der Waals surface area contributed by atoms with Crippen LogP contribution in [0.15, 0.2) is 11.6 Å². The molecule has 0 bridgehead atoms. The number of aliphatic hydroxyl groups is 7. The molecule has 0 aromatic heterocycles. The quantitative estimate of drug-likeness (QED) is 0.126. The van der Waals surface area contributed by atoms with Crippen molar-refractivity contribution in [2.24, 2.45) is 50.2 Å². The summed E-state index contributed by atoms with van der Waals surface area (Å²) in [6, 6.07) is 0. The van der Waals surface area contributed by atoms with Gasteiger partial charge in [-0.1, -0.05) is 46.3 Å². The van der Waals surface area contributed by atoms with Gasteiger partial charge in [-0.3, -0.25) is 4.79 Å². The predicted octanol–water partition coefficient (Wildman–Crippen LogP) is 1.95. The molecule has 20 atom stereocenters. The number of fused-ring (bicyclic) bond motifs is 7. The lowest BCUT2D eigenvalue weighted by Gasteiger charge is -2.71. The van der Waals surface area contributed by atoms with E-state index in [4.69, 9.17) is 18.9 Å².